The molecule has 0 radical (unpaired) electrons. The van der Waals surface area contributed by atoms with E-state index in [0.717, 1.165) is 18.1 Å². The minimum atomic E-state index is 0.380. The number of hydrogen-bond donors (Lipinski definition) is 2. The number of benzene rings is 2. The number of nitrogens with one attached hydrogen (secondary N) is 2. The molecule has 0 heterocycles. The molecular formula is C21H29N3O3. The zero-order valence-corrected chi connectivity index (χ0v) is 16.7. The van der Waals surface area contributed by atoms with Crippen molar-refractivity contribution in [1.29, 1.82) is 0 Å². The molecule has 0 amide bonds. The minimum Gasteiger partial charge on any atom is -0.493 e. The summed E-state index contributed by atoms with van der Waals surface area (Å²) in [5, 5.41) is 6.69. The van der Waals surface area contributed by atoms with Crippen LogP contribution in [0, 0.1) is 0 Å². The molecule has 0 saturated carbocycles. The van der Waals surface area contributed by atoms with Crippen LogP contribution in [0.15, 0.2) is 47.5 Å². The molecule has 146 valence electrons. The Morgan fingerprint density at radius 3 is 2.11 bits per heavy atom. The van der Waals surface area contributed by atoms with Gasteiger partial charge in [0.05, 0.1) is 21.3 Å². The summed E-state index contributed by atoms with van der Waals surface area (Å²) >= 11 is 0. The van der Waals surface area contributed by atoms with Gasteiger partial charge in [0.2, 0.25) is 5.75 Å². The maximum absolute atomic E-state index is 5.40. The first-order valence-electron chi connectivity index (χ1n) is 8.91. The highest BCUT2D eigenvalue weighted by molar-refractivity contribution is 5.79. The number of ether oxygens (including phenoxy) is 3. The molecule has 1 atom stereocenters. The Morgan fingerprint density at radius 2 is 1.59 bits per heavy atom. The van der Waals surface area contributed by atoms with Gasteiger partial charge >= 0.3 is 0 Å². The SMILES string of the molecule is CN=C(NCc1cc(OC)c(OC)c(OC)c1)NCC(C)c1ccccc1. The number of nitrogens with zero attached hydrogens (tertiary/aromatic N) is 1. The third-order valence-corrected chi connectivity index (χ3v) is 4.35. The molecule has 0 saturated heterocycles. The summed E-state index contributed by atoms with van der Waals surface area (Å²) < 4.78 is 16.2. The second-order valence-corrected chi connectivity index (χ2v) is 6.15. The second kappa shape index (κ2) is 10.3. The average molecular weight is 371 g/mol. The van der Waals surface area contributed by atoms with E-state index in [9.17, 15) is 0 Å². The van der Waals surface area contributed by atoms with Crippen molar-refractivity contribution in [3.63, 3.8) is 0 Å². The minimum absolute atomic E-state index is 0.380. The first-order chi connectivity index (χ1) is 13.1. The first kappa shape index (κ1) is 20.4. The van der Waals surface area contributed by atoms with Gasteiger partial charge in [0.15, 0.2) is 17.5 Å². The molecule has 27 heavy (non-hydrogen) atoms. The lowest BCUT2D eigenvalue weighted by Crippen LogP contribution is -2.38. The van der Waals surface area contributed by atoms with Crippen LogP contribution >= 0.6 is 0 Å². The van der Waals surface area contributed by atoms with E-state index in [4.69, 9.17) is 14.2 Å². The zero-order chi connectivity index (χ0) is 19.6. The Hall–Kier alpha value is -2.89. The Balaban J connectivity index is 1.97. The van der Waals surface area contributed by atoms with Crippen LogP contribution in [0.1, 0.15) is 24.0 Å². The fourth-order valence-corrected chi connectivity index (χ4v) is 2.79. The van der Waals surface area contributed by atoms with Crippen molar-refractivity contribution in [3.05, 3.63) is 53.6 Å². The van der Waals surface area contributed by atoms with Gasteiger partial charge in [0.1, 0.15) is 0 Å². The average Bonchev–Trinajstić information content (AvgIpc) is 2.73. The predicted molar refractivity (Wildman–Crippen MR) is 109 cm³/mol. The summed E-state index contributed by atoms with van der Waals surface area (Å²) in [6, 6.07) is 14.3. The van der Waals surface area contributed by atoms with Crippen LogP contribution in [0.25, 0.3) is 0 Å². The number of rotatable bonds is 8. The Labute approximate surface area is 161 Å². The largest absolute Gasteiger partial charge is 0.493 e. The lowest BCUT2D eigenvalue weighted by Gasteiger charge is -2.17. The van der Waals surface area contributed by atoms with E-state index in [1.54, 1.807) is 28.4 Å². The van der Waals surface area contributed by atoms with Crippen LogP contribution < -0.4 is 24.8 Å². The van der Waals surface area contributed by atoms with Crippen molar-refractivity contribution >= 4 is 5.96 Å². The van der Waals surface area contributed by atoms with Crippen molar-refractivity contribution in [2.24, 2.45) is 4.99 Å². The predicted octanol–water partition coefficient (Wildman–Crippen LogP) is 3.18. The Bertz CT molecular complexity index is 723. The molecule has 2 N–H and O–H groups in total. The van der Waals surface area contributed by atoms with Crippen molar-refractivity contribution in [2.75, 3.05) is 34.9 Å². The molecule has 0 aliphatic heterocycles. The van der Waals surface area contributed by atoms with E-state index in [-0.39, 0.29) is 0 Å². The molecular weight excluding hydrogens is 342 g/mol. The van der Waals surface area contributed by atoms with Gasteiger partial charge in [-0.1, -0.05) is 37.3 Å². The van der Waals surface area contributed by atoms with Crippen LogP contribution in [-0.4, -0.2) is 40.9 Å². The summed E-state index contributed by atoms with van der Waals surface area (Å²) in [5.41, 5.74) is 2.30. The monoisotopic (exact) mass is 371 g/mol. The van der Waals surface area contributed by atoms with Crippen molar-refractivity contribution < 1.29 is 14.2 Å². The fourth-order valence-electron chi connectivity index (χ4n) is 2.79. The molecule has 6 heteroatoms. The molecule has 0 aliphatic carbocycles. The third kappa shape index (κ3) is 5.54. The standard InChI is InChI=1S/C21H29N3O3/c1-15(17-9-7-6-8-10-17)13-23-21(22-2)24-14-16-11-18(25-3)20(27-5)19(12-16)26-4/h6-12,15H,13-14H2,1-5H3,(H2,22,23,24). The van der Waals surface area contributed by atoms with Crippen LogP contribution in [0.5, 0.6) is 17.2 Å². The van der Waals surface area contributed by atoms with Gasteiger partial charge in [-0.3, -0.25) is 4.99 Å². The smallest absolute Gasteiger partial charge is 0.203 e. The van der Waals surface area contributed by atoms with E-state index in [2.05, 4.69) is 46.8 Å². The van der Waals surface area contributed by atoms with E-state index in [1.165, 1.54) is 5.56 Å². The lowest BCUT2D eigenvalue weighted by atomic mass is 10.0. The van der Waals surface area contributed by atoms with E-state index >= 15 is 0 Å². The maximum atomic E-state index is 5.40. The van der Waals surface area contributed by atoms with Crippen molar-refractivity contribution in [3.8, 4) is 17.2 Å². The normalized spacial score (nSPS) is 12.3. The quantitative estimate of drug-likeness (QED) is 0.551. The fraction of sp³-hybridized carbons (Fsp3) is 0.381. The Morgan fingerprint density at radius 1 is 0.963 bits per heavy atom. The molecule has 0 aliphatic rings. The third-order valence-electron chi connectivity index (χ3n) is 4.35. The van der Waals surface area contributed by atoms with Crippen LogP contribution in [0.4, 0.5) is 0 Å². The summed E-state index contributed by atoms with van der Waals surface area (Å²) in [7, 11) is 6.58. The summed E-state index contributed by atoms with van der Waals surface area (Å²) in [6.07, 6.45) is 0. The lowest BCUT2D eigenvalue weighted by molar-refractivity contribution is 0.323. The molecule has 1 unspecified atom stereocenters. The summed E-state index contributed by atoms with van der Waals surface area (Å²) in [6.45, 7) is 3.56. The molecule has 0 spiro atoms. The maximum Gasteiger partial charge on any atom is 0.203 e. The highest BCUT2D eigenvalue weighted by Gasteiger charge is 2.13. The van der Waals surface area contributed by atoms with Gasteiger partial charge in [-0.2, -0.15) is 0 Å². The zero-order valence-electron chi connectivity index (χ0n) is 16.7. The van der Waals surface area contributed by atoms with Crippen molar-refractivity contribution in [1.82, 2.24) is 10.6 Å². The van der Waals surface area contributed by atoms with Crippen LogP contribution in [0.3, 0.4) is 0 Å². The topological polar surface area (TPSA) is 64.1 Å². The summed E-state index contributed by atoms with van der Waals surface area (Å²) in [4.78, 5) is 4.29. The van der Waals surface area contributed by atoms with E-state index < -0.39 is 0 Å². The first-order valence-corrected chi connectivity index (χ1v) is 8.91. The van der Waals surface area contributed by atoms with Gasteiger partial charge in [0, 0.05) is 20.1 Å². The summed E-state index contributed by atoms with van der Waals surface area (Å²) in [5.74, 6) is 2.98. The molecule has 0 aromatic heterocycles. The van der Waals surface area contributed by atoms with Gasteiger partial charge in [-0.05, 0) is 29.2 Å². The van der Waals surface area contributed by atoms with Gasteiger partial charge in [-0.15, -0.1) is 0 Å². The number of guanidine groups is 1. The highest BCUT2D eigenvalue weighted by atomic mass is 16.5. The van der Waals surface area contributed by atoms with E-state index in [1.807, 2.05) is 18.2 Å². The number of hydrogen-bond acceptors (Lipinski definition) is 4. The molecule has 6 nitrogen and oxygen atoms in total. The van der Waals surface area contributed by atoms with Gasteiger partial charge in [-0.25, -0.2) is 0 Å². The van der Waals surface area contributed by atoms with Crippen LogP contribution in [-0.2, 0) is 6.54 Å². The van der Waals surface area contributed by atoms with Crippen LogP contribution in [0.2, 0.25) is 0 Å². The Kier molecular flexibility index (Phi) is 7.79. The second-order valence-electron chi connectivity index (χ2n) is 6.15. The molecule has 2 rings (SSSR count). The molecule has 2 aromatic rings. The van der Waals surface area contributed by atoms with Crippen molar-refractivity contribution in [2.45, 2.75) is 19.4 Å². The highest BCUT2D eigenvalue weighted by Crippen LogP contribution is 2.38. The van der Waals surface area contributed by atoms with Gasteiger partial charge in [0.25, 0.3) is 0 Å². The van der Waals surface area contributed by atoms with E-state index in [0.29, 0.717) is 29.7 Å². The van der Waals surface area contributed by atoms with Gasteiger partial charge < -0.3 is 24.8 Å². The number of methoxy groups -OCH3 is 3. The molecule has 0 fully saturated rings. The molecule has 2 aromatic carbocycles. The number of aliphatic imine (C=N–C) groups is 1. The molecule has 0 bridgehead atoms.